The second kappa shape index (κ2) is 5.09. The van der Waals surface area contributed by atoms with Crippen molar-refractivity contribution in [2.45, 2.75) is 20.0 Å². The first-order valence-corrected chi connectivity index (χ1v) is 6.07. The van der Waals surface area contributed by atoms with Crippen molar-refractivity contribution < 1.29 is 9.50 Å². The minimum absolute atomic E-state index is 0.363. The molecule has 1 nitrogen and oxygen atoms in total. The summed E-state index contributed by atoms with van der Waals surface area (Å²) in [6, 6.07) is 9.65. The molecule has 0 aliphatic carbocycles. The third-order valence-electron chi connectivity index (χ3n) is 3.10. The van der Waals surface area contributed by atoms with Gasteiger partial charge in [0.15, 0.2) is 0 Å². The Kier molecular flexibility index (Phi) is 3.69. The van der Waals surface area contributed by atoms with Crippen molar-refractivity contribution in [3.8, 4) is 0 Å². The first-order chi connectivity index (χ1) is 8.49. The summed E-state index contributed by atoms with van der Waals surface area (Å²) in [6.45, 7) is 3.97. The number of hydrogen-bond acceptors (Lipinski definition) is 1. The molecule has 0 heterocycles. The predicted octanol–water partition coefficient (Wildman–Crippen LogP) is 4.18. The molecule has 1 atom stereocenters. The van der Waals surface area contributed by atoms with Gasteiger partial charge in [-0.05, 0) is 48.7 Å². The zero-order valence-corrected chi connectivity index (χ0v) is 11.0. The second-order valence-corrected chi connectivity index (χ2v) is 4.82. The molecule has 0 amide bonds. The second-order valence-electron chi connectivity index (χ2n) is 4.41. The largest absolute Gasteiger partial charge is 0.384 e. The number of hydrogen-bond donors (Lipinski definition) is 1. The van der Waals surface area contributed by atoms with Crippen LogP contribution in [-0.2, 0) is 0 Å². The molecule has 0 saturated heterocycles. The molecule has 18 heavy (non-hydrogen) atoms. The Morgan fingerprint density at radius 2 is 1.78 bits per heavy atom. The van der Waals surface area contributed by atoms with Gasteiger partial charge in [0, 0.05) is 10.6 Å². The smallest absolute Gasteiger partial charge is 0.123 e. The maximum Gasteiger partial charge on any atom is 0.123 e. The van der Waals surface area contributed by atoms with Crippen LogP contribution in [0.5, 0.6) is 0 Å². The standard InChI is InChI=1S/C15H14ClFO/c1-9-3-4-11(7-10(9)2)15(18)13-8-12(17)5-6-14(13)16/h3-8,15,18H,1-2H3. The van der Waals surface area contributed by atoms with Gasteiger partial charge >= 0.3 is 0 Å². The number of halogens is 2. The topological polar surface area (TPSA) is 20.2 Å². The van der Waals surface area contributed by atoms with Crippen LogP contribution >= 0.6 is 11.6 Å². The minimum Gasteiger partial charge on any atom is -0.384 e. The third kappa shape index (κ3) is 2.55. The summed E-state index contributed by atoms with van der Waals surface area (Å²) in [5.74, 6) is -0.405. The molecule has 2 rings (SSSR count). The van der Waals surface area contributed by atoms with Crippen LogP contribution < -0.4 is 0 Å². The van der Waals surface area contributed by atoms with Gasteiger partial charge in [-0.25, -0.2) is 4.39 Å². The first kappa shape index (κ1) is 13.1. The summed E-state index contributed by atoms with van der Waals surface area (Å²) in [5.41, 5.74) is 3.33. The molecule has 1 N–H and O–H groups in total. The highest BCUT2D eigenvalue weighted by atomic mass is 35.5. The Bertz CT molecular complexity index is 581. The summed E-state index contributed by atoms with van der Waals surface area (Å²) in [7, 11) is 0. The van der Waals surface area contributed by atoms with Crippen LogP contribution in [0.25, 0.3) is 0 Å². The van der Waals surface area contributed by atoms with E-state index in [1.165, 1.54) is 18.2 Å². The molecule has 0 aliphatic rings. The molecule has 3 heteroatoms. The van der Waals surface area contributed by atoms with Gasteiger partial charge in [-0.2, -0.15) is 0 Å². The zero-order valence-electron chi connectivity index (χ0n) is 10.2. The highest BCUT2D eigenvalue weighted by Gasteiger charge is 2.15. The fourth-order valence-electron chi connectivity index (χ4n) is 1.84. The Labute approximate surface area is 111 Å². The number of aliphatic hydroxyl groups excluding tert-OH is 1. The lowest BCUT2D eigenvalue weighted by Gasteiger charge is -2.14. The normalized spacial score (nSPS) is 12.5. The van der Waals surface area contributed by atoms with Gasteiger partial charge in [0.05, 0.1) is 0 Å². The lowest BCUT2D eigenvalue weighted by Crippen LogP contribution is -2.02. The van der Waals surface area contributed by atoms with Crippen molar-refractivity contribution in [1.29, 1.82) is 0 Å². The molecule has 0 aromatic heterocycles. The van der Waals surface area contributed by atoms with E-state index in [-0.39, 0.29) is 0 Å². The Morgan fingerprint density at radius 1 is 1.06 bits per heavy atom. The zero-order chi connectivity index (χ0) is 13.3. The van der Waals surface area contributed by atoms with E-state index in [9.17, 15) is 9.50 Å². The predicted molar refractivity (Wildman–Crippen MR) is 71.4 cm³/mol. The van der Waals surface area contributed by atoms with Gasteiger partial charge in [0.2, 0.25) is 0 Å². The van der Waals surface area contributed by atoms with Gasteiger partial charge in [-0.1, -0.05) is 29.8 Å². The molecular formula is C15H14ClFO. The fourth-order valence-corrected chi connectivity index (χ4v) is 2.06. The molecule has 2 aromatic carbocycles. The van der Waals surface area contributed by atoms with Crippen molar-refractivity contribution in [2.24, 2.45) is 0 Å². The Morgan fingerprint density at radius 3 is 2.44 bits per heavy atom. The van der Waals surface area contributed by atoms with Crippen LogP contribution in [0, 0.1) is 19.7 Å². The van der Waals surface area contributed by atoms with Crippen LogP contribution in [0.4, 0.5) is 4.39 Å². The van der Waals surface area contributed by atoms with Crippen LogP contribution in [-0.4, -0.2) is 5.11 Å². The minimum atomic E-state index is -0.910. The highest BCUT2D eigenvalue weighted by Crippen LogP contribution is 2.29. The van der Waals surface area contributed by atoms with Crippen molar-refractivity contribution in [3.05, 3.63) is 69.5 Å². The summed E-state index contributed by atoms with van der Waals surface area (Å²) in [6.07, 6.45) is -0.910. The van der Waals surface area contributed by atoms with Gasteiger partial charge in [-0.15, -0.1) is 0 Å². The number of benzene rings is 2. The molecule has 94 valence electrons. The van der Waals surface area contributed by atoms with Gasteiger partial charge in [0.1, 0.15) is 11.9 Å². The molecule has 0 aliphatic heterocycles. The van der Waals surface area contributed by atoms with Crippen LogP contribution in [0.15, 0.2) is 36.4 Å². The van der Waals surface area contributed by atoms with E-state index in [1.54, 1.807) is 0 Å². The molecule has 0 fully saturated rings. The Balaban J connectivity index is 2.44. The van der Waals surface area contributed by atoms with Crippen molar-refractivity contribution in [3.63, 3.8) is 0 Å². The molecular weight excluding hydrogens is 251 g/mol. The van der Waals surface area contributed by atoms with Crippen LogP contribution in [0.2, 0.25) is 5.02 Å². The van der Waals surface area contributed by atoms with E-state index < -0.39 is 11.9 Å². The lowest BCUT2D eigenvalue weighted by atomic mass is 9.98. The molecule has 1 unspecified atom stereocenters. The average molecular weight is 265 g/mol. The van der Waals surface area contributed by atoms with Crippen molar-refractivity contribution in [1.82, 2.24) is 0 Å². The molecule has 2 aromatic rings. The molecule has 0 saturated carbocycles. The average Bonchev–Trinajstić information content (AvgIpc) is 2.35. The summed E-state index contributed by atoms with van der Waals surface area (Å²) in [5, 5.41) is 10.6. The van der Waals surface area contributed by atoms with Crippen molar-refractivity contribution in [2.75, 3.05) is 0 Å². The molecule has 0 spiro atoms. The van der Waals surface area contributed by atoms with Crippen LogP contribution in [0.3, 0.4) is 0 Å². The number of aryl methyl sites for hydroxylation is 2. The quantitative estimate of drug-likeness (QED) is 0.863. The summed E-state index contributed by atoms with van der Waals surface area (Å²) in [4.78, 5) is 0. The maximum atomic E-state index is 13.2. The van der Waals surface area contributed by atoms with E-state index in [1.807, 2.05) is 32.0 Å². The van der Waals surface area contributed by atoms with E-state index in [4.69, 9.17) is 11.6 Å². The monoisotopic (exact) mass is 264 g/mol. The van der Waals surface area contributed by atoms with Gasteiger partial charge in [0.25, 0.3) is 0 Å². The lowest BCUT2D eigenvalue weighted by molar-refractivity contribution is 0.220. The molecule has 0 bridgehead atoms. The summed E-state index contributed by atoms with van der Waals surface area (Å²) < 4.78 is 13.2. The van der Waals surface area contributed by atoms with E-state index in [0.717, 1.165) is 11.1 Å². The number of rotatable bonds is 2. The highest BCUT2D eigenvalue weighted by molar-refractivity contribution is 6.31. The van der Waals surface area contributed by atoms with Gasteiger partial charge in [-0.3, -0.25) is 0 Å². The number of aliphatic hydroxyl groups is 1. The third-order valence-corrected chi connectivity index (χ3v) is 3.44. The maximum absolute atomic E-state index is 13.2. The first-order valence-electron chi connectivity index (χ1n) is 5.69. The van der Waals surface area contributed by atoms with E-state index in [0.29, 0.717) is 16.1 Å². The Hall–Kier alpha value is -1.38. The SMILES string of the molecule is Cc1ccc(C(O)c2cc(F)ccc2Cl)cc1C. The van der Waals surface area contributed by atoms with Crippen molar-refractivity contribution >= 4 is 11.6 Å². The van der Waals surface area contributed by atoms with Crippen LogP contribution in [0.1, 0.15) is 28.4 Å². The van der Waals surface area contributed by atoms with E-state index >= 15 is 0 Å². The van der Waals surface area contributed by atoms with Gasteiger partial charge < -0.3 is 5.11 Å². The summed E-state index contributed by atoms with van der Waals surface area (Å²) >= 11 is 5.99. The molecule has 0 radical (unpaired) electrons. The van der Waals surface area contributed by atoms with E-state index in [2.05, 4.69) is 0 Å². The fraction of sp³-hybridized carbons (Fsp3) is 0.200.